The Morgan fingerprint density at radius 1 is 0.707 bits per heavy atom. The highest BCUT2D eigenvalue weighted by Gasteiger charge is 2.28. The van der Waals surface area contributed by atoms with Crippen molar-refractivity contribution < 1.29 is 28.7 Å². The van der Waals surface area contributed by atoms with Crippen LogP contribution in [0.4, 0.5) is 4.39 Å². The lowest BCUT2D eigenvalue weighted by Gasteiger charge is -2.24. The predicted molar refractivity (Wildman–Crippen MR) is 151 cm³/mol. The Balaban J connectivity index is 1.68. The maximum absolute atomic E-state index is 13.4. The zero-order chi connectivity index (χ0) is 29.9. The molecule has 41 heavy (non-hydrogen) atoms. The summed E-state index contributed by atoms with van der Waals surface area (Å²) in [6, 6.07) is 16.4. The third-order valence-electron chi connectivity index (χ3n) is 6.41. The number of primary amides is 1. The van der Waals surface area contributed by atoms with Gasteiger partial charge in [-0.25, -0.2) is 4.39 Å². The molecule has 3 aromatic rings. The number of carbonyl (C=O) groups excluding carboxylic acids is 4. The number of phenols is 1. The van der Waals surface area contributed by atoms with Gasteiger partial charge in [-0.2, -0.15) is 0 Å². The van der Waals surface area contributed by atoms with Crippen molar-refractivity contribution in [2.24, 2.45) is 11.5 Å². The summed E-state index contributed by atoms with van der Waals surface area (Å²) < 4.78 is 13.4. The second-order valence-electron chi connectivity index (χ2n) is 9.75. The lowest BCUT2D eigenvalue weighted by molar-refractivity contribution is -0.133. The summed E-state index contributed by atoms with van der Waals surface area (Å²) in [4.78, 5) is 51.1. The molecular formula is C30H34FN5O5. The smallest absolute Gasteiger partial charge is 0.243 e. The number of benzene rings is 3. The minimum Gasteiger partial charge on any atom is -0.508 e. The minimum atomic E-state index is -1.17. The van der Waals surface area contributed by atoms with Crippen LogP contribution in [0, 0.1) is 5.82 Å². The van der Waals surface area contributed by atoms with E-state index < -0.39 is 53.6 Å². The molecule has 0 aliphatic carbocycles. The van der Waals surface area contributed by atoms with Gasteiger partial charge >= 0.3 is 0 Å². The van der Waals surface area contributed by atoms with Gasteiger partial charge in [0.05, 0.1) is 6.04 Å². The fraction of sp³-hybridized carbons (Fsp3) is 0.267. The summed E-state index contributed by atoms with van der Waals surface area (Å²) >= 11 is 0. The van der Waals surface area contributed by atoms with Crippen LogP contribution in [0.15, 0.2) is 78.9 Å². The first kappa shape index (κ1) is 30.8. The number of rotatable bonds is 13. The molecule has 3 unspecified atom stereocenters. The molecule has 0 aliphatic rings. The van der Waals surface area contributed by atoms with Crippen molar-refractivity contribution in [3.05, 3.63) is 101 Å². The number of hydrogen-bond donors (Lipinski definition) is 6. The normalized spacial score (nSPS) is 13.7. The monoisotopic (exact) mass is 563 g/mol. The molecule has 216 valence electrons. The fourth-order valence-corrected chi connectivity index (χ4v) is 4.07. The van der Waals surface area contributed by atoms with Crippen molar-refractivity contribution in [1.82, 2.24) is 16.0 Å². The topological polar surface area (TPSA) is 177 Å². The summed E-state index contributed by atoms with van der Waals surface area (Å²) in [5.74, 6) is -3.07. The number of phenolic OH excluding ortho intramolecular Hbond substituents is 1. The number of halogens is 1. The Kier molecular flexibility index (Phi) is 10.9. The van der Waals surface area contributed by atoms with Gasteiger partial charge in [-0.15, -0.1) is 0 Å². The Hall–Kier alpha value is -4.77. The highest BCUT2D eigenvalue weighted by atomic mass is 19.1. The van der Waals surface area contributed by atoms with Crippen LogP contribution in [-0.2, 0) is 38.4 Å². The number of nitrogens with two attached hydrogens (primary N) is 2. The highest BCUT2D eigenvalue weighted by molar-refractivity contribution is 5.94. The average molecular weight is 564 g/mol. The van der Waals surface area contributed by atoms with Crippen LogP contribution >= 0.6 is 0 Å². The number of carbonyl (C=O) groups is 4. The molecule has 8 N–H and O–H groups in total. The van der Waals surface area contributed by atoms with Crippen LogP contribution in [0.5, 0.6) is 5.75 Å². The van der Waals surface area contributed by atoms with Gasteiger partial charge in [-0.05, 0) is 54.3 Å². The van der Waals surface area contributed by atoms with Gasteiger partial charge in [0.2, 0.25) is 23.6 Å². The van der Waals surface area contributed by atoms with Crippen LogP contribution in [0.2, 0.25) is 0 Å². The van der Waals surface area contributed by atoms with Crippen molar-refractivity contribution in [3.63, 3.8) is 0 Å². The summed E-state index contributed by atoms with van der Waals surface area (Å²) in [6.07, 6.45) is 0.298. The number of nitrogens with one attached hydrogen (secondary N) is 3. The number of amides is 4. The van der Waals surface area contributed by atoms with Crippen molar-refractivity contribution in [1.29, 1.82) is 0 Å². The first-order valence-corrected chi connectivity index (χ1v) is 13.0. The van der Waals surface area contributed by atoms with Crippen LogP contribution in [0.25, 0.3) is 0 Å². The molecule has 0 spiro atoms. The van der Waals surface area contributed by atoms with Gasteiger partial charge in [0.25, 0.3) is 0 Å². The second kappa shape index (κ2) is 14.6. The van der Waals surface area contributed by atoms with E-state index in [-0.39, 0.29) is 25.0 Å². The molecule has 0 fully saturated rings. The lowest BCUT2D eigenvalue weighted by Crippen LogP contribution is -2.57. The fourth-order valence-electron chi connectivity index (χ4n) is 4.07. The largest absolute Gasteiger partial charge is 0.508 e. The molecule has 0 radical (unpaired) electrons. The van der Waals surface area contributed by atoms with Gasteiger partial charge in [-0.3, -0.25) is 19.2 Å². The molecule has 0 aromatic heterocycles. The van der Waals surface area contributed by atoms with Crippen molar-refractivity contribution >= 4 is 23.6 Å². The minimum absolute atomic E-state index is 0.0181. The molecule has 3 rings (SSSR count). The van der Waals surface area contributed by atoms with Gasteiger partial charge < -0.3 is 32.5 Å². The highest BCUT2D eigenvalue weighted by Crippen LogP contribution is 2.11. The van der Waals surface area contributed by atoms with E-state index in [4.69, 9.17) is 11.5 Å². The van der Waals surface area contributed by atoms with E-state index in [9.17, 15) is 28.7 Å². The van der Waals surface area contributed by atoms with Gasteiger partial charge in [0.1, 0.15) is 29.7 Å². The van der Waals surface area contributed by atoms with Gasteiger partial charge in [0.15, 0.2) is 0 Å². The Morgan fingerprint density at radius 3 is 1.83 bits per heavy atom. The SMILES string of the molecule is CC(NC(=O)C(N)Cc1ccc(O)cc1)C(=O)NC(Cc1ccc(F)cc1)C(=O)N[C@@H](Cc1ccccc1)C(N)=O. The van der Waals surface area contributed by atoms with Crippen LogP contribution in [-0.4, -0.2) is 52.9 Å². The molecule has 0 saturated heterocycles. The molecule has 4 atom stereocenters. The van der Waals surface area contributed by atoms with E-state index in [0.717, 1.165) is 11.1 Å². The predicted octanol–water partition coefficient (Wildman–Crippen LogP) is 0.846. The molecule has 4 amide bonds. The zero-order valence-corrected chi connectivity index (χ0v) is 22.5. The van der Waals surface area contributed by atoms with Crippen LogP contribution in [0.3, 0.4) is 0 Å². The van der Waals surface area contributed by atoms with Crippen molar-refractivity contribution in [2.45, 2.75) is 50.4 Å². The quantitative estimate of drug-likeness (QED) is 0.180. The Morgan fingerprint density at radius 2 is 1.22 bits per heavy atom. The van der Waals surface area contributed by atoms with E-state index in [1.54, 1.807) is 36.4 Å². The molecule has 0 bridgehead atoms. The summed E-state index contributed by atoms with van der Waals surface area (Å²) in [5, 5.41) is 17.2. The molecule has 0 saturated carbocycles. The Labute approximate surface area is 237 Å². The van der Waals surface area contributed by atoms with E-state index in [1.807, 2.05) is 6.07 Å². The van der Waals surface area contributed by atoms with E-state index in [1.165, 1.54) is 43.3 Å². The van der Waals surface area contributed by atoms with E-state index in [2.05, 4.69) is 16.0 Å². The van der Waals surface area contributed by atoms with E-state index >= 15 is 0 Å². The number of hydrogen-bond acceptors (Lipinski definition) is 6. The summed E-state index contributed by atoms with van der Waals surface area (Å²) in [7, 11) is 0. The molecule has 0 aliphatic heterocycles. The molecule has 0 heterocycles. The zero-order valence-electron chi connectivity index (χ0n) is 22.5. The summed E-state index contributed by atoms with van der Waals surface area (Å²) in [6.45, 7) is 1.44. The van der Waals surface area contributed by atoms with Gasteiger partial charge in [0, 0.05) is 12.8 Å². The third kappa shape index (κ3) is 9.73. The standard InChI is InChI=1S/C30H34FN5O5/c1-18(34-29(40)24(32)15-20-9-13-23(37)14-10-20)28(39)36-26(17-21-7-11-22(31)12-8-21)30(41)35-25(27(33)38)16-19-5-3-2-4-6-19/h2-14,18,24-26,37H,15-17,32H2,1H3,(H2,33,38)(H,34,40)(H,35,41)(H,36,39)/t18?,24?,25-,26?/m0/s1. The van der Waals surface area contributed by atoms with Crippen molar-refractivity contribution in [3.8, 4) is 5.75 Å². The first-order valence-electron chi connectivity index (χ1n) is 13.0. The van der Waals surface area contributed by atoms with Crippen LogP contribution in [0.1, 0.15) is 23.6 Å². The first-order chi connectivity index (χ1) is 19.5. The summed E-state index contributed by atoms with van der Waals surface area (Å²) in [5.41, 5.74) is 13.6. The second-order valence-corrected chi connectivity index (χ2v) is 9.75. The van der Waals surface area contributed by atoms with Crippen molar-refractivity contribution in [2.75, 3.05) is 0 Å². The molecule has 11 heteroatoms. The Bertz CT molecular complexity index is 1340. The van der Waals surface area contributed by atoms with Gasteiger partial charge in [-0.1, -0.05) is 54.6 Å². The van der Waals surface area contributed by atoms with Crippen LogP contribution < -0.4 is 27.4 Å². The molecule has 3 aromatic carbocycles. The lowest BCUT2D eigenvalue weighted by atomic mass is 10.0. The average Bonchev–Trinajstić information content (AvgIpc) is 2.95. The maximum atomic E-state index is 13.4. The molecular weight excluding hydrogens is 529 g/mol. The van der Waals surface area contributed by atoms with E-state index in [0.29, 0.717) is 5.56 Å². The third-order valence-corrected chi connectivity index (χ3v) is 6.41. The maximum Gasteiger partial charge on any atom is 0.243 e. The number of aromatic hydroxyl groups is 1. The molecule has 10 nitrogen and oxygen atoms in total.